The quantitative estimate of drug-likeness (QED) is 0.800. The summed E-state index contributed by atoms with van der Waals surface area (Å²) in [5, 5.41) is 9.80. The summed E-state index contributed by atoms with van der Waals surface area (Å²) >= 11 is 5.07. The Kier molecular flexibility index (Phi) is 5.36. The van der Waals surface area contributed by atoms with Crippen LogP contribution in [0.15, 0.2) is 34.1 Å². The van der Waals surface area contributed by atoms with Gasteiger partial charge in [-0.15, -0.1) is 11.3 Å². The SMILES string of the molecule is CCCNC(C)c1csc(Nc2ccc(Br)cc2)n1. The highest BCUT2D eigenvalue weighted by Gasteiger charge is 2.09. The molecule has 0 saturated carbocycles. The topological polar surface area (TPSA) is 37.0 Å². The van der Waals surface area contributed by atoms with Crippen LogP contribution < -0.4 is 10.6 Å². The molecule has 19 heavy (non-hydrogen) atoms. The summed E-state index contributed by atoms with van der Waals surface area (Å²) in [4.78, 5) is 4.61. The van der Waals surface area contributed by atoms with Crippen LogP contribution in [0, 0.1) is 0 Å². The zero-order valence-corrected chi connectivity index (χ0v) is 13.5. The van der Waals surface area contributed by atoms with Gasteiger partial charge in [-0.2, -0.15) is 0 Å². The Labute approximate surface area is 126 Å². The summed E-state index contributed by atoms with van der Waals surface area (Å²) in [5.41, 5.74) is 2.15. The van der Waals surface area contributed by atoms with Gasteiger partial charge in [0.25, 0.3) is 0 Å². The highest BCUT2D eigenvalue weighted by atomic mass is 79.9. The van der Waals surface area contributed by atoms with Crippen LogP contribution in [-0.4, -0.2) is 11.5 Å². The fourth-order valence-corrected chi connectivity index (χ4v) is 2.75. The Hall–Kier alpha value is -0.910. The van der Waals surface area contributed by atoms with Gasteiger partial charge in [0.15, 0.2) is 5.13 Å². The van der Waals surface area contributed by atoms with Crippen LogP contribution in [0.1, 0.15) is 32.0 Å². The minimum Gasteiger partial charge on any atom is -0.332 e. The van der Waals surface area contributed by atoms with Crippen LogP contribution in [0.25, 0.3) is 0 Å². The summed E-state index contributed by atoms with van der Waals surface area (Å²) in [5.74, 6) is 0. The Morgan fingerprint density at radius 2 is 2.05 bits per heavy atom. The molecule has 2 aromatic rings. The molecule has 0 aliphatic carbocycles. The molecule has 1 aromatic carbocycles. The van der Waals surface area contributed by atoms with Gasteiger partial charge in [0.05, 0.1) is 5.69 Å². The van der Waals surface area contributed by atoms with Gasteiger partial charge in [0.2, 0.25) is 0 Å². The Morgan fingerprint density at radius 1 is 1.32 bits per heavy atom. The van der Waals surface area contributed by atoms with Crippen LogP contribution in [-0.2, 0) is 0 Å². The van der Waals surface area contributed by atoms with Gasteiger partial charge in [-0.1, -0.05) is 22.9 Å². The Morgan fingerprint density at radius 3 is 2.74 bits per heavy atom. The second kappa shape index (κ2) is 7.03. The molecule has 3 nitrogen and oxygen atoms in total. The highest BCUT2D eigenvalue weighted by molar-refractivity contribution is 9.10. The van der Waals surface area contributed by atoms with E-state index >= 15 is 0 Å². The van der Waals surface area contributed by atoms with Crippen molar-refractivity contribution in [3.8, 4) is 0 Å². The van der Waals surface area contributed by atoms with Gasteiger partial charge in [-0.05, 0) is 44.2 Å². The smallest absolute Gasteiger partial charge is 0.187 e. The second-order valence-electron chi connectivity index (χ2n) is 4.39. The molecule has 0 radical (unpaired) electrons. The van der Waals surface area contributed by atoms with Gasteiger partial charge in [0, 0.05) is 21.6 Å². The molecule has 2 rings (SSSR count). The molecule has 102 valence electrons. The van der Waals surface area contributed by atoms with Gasteiger partial charge in [-0.3, -0.25) is 0 Å². The number of anilines is 2. The van der Waals surface area contributed by atoms with E-state index in [0.717, 1.165) is 34.0 Å². The second-order valence-corrected chi connectivity index (χ2v) is 6.16. The molecule has 0 amide bonds. The lowest BCUT2D eigenvalue weighted by Crippen LogP contribution is -2.19. The fourth-order valence-electron chi connectivity index (χ4n) is 1.66. The van der Waals surface area contributed by atoms with E-state index in [1.54, 1.807) is 11.3 Å². The summed E-state index contributed by atoms with van der Waals surface area (Å²) in [6.45, 7) is 5.34. The van der Waals surface area contributed by atoms with Crippen molar-refractivity contribution in [1.29, 1.82) is 0 Å². The molecule has 0 fully saturated rings. The summed E-state index contributed by atoms with van der Waals surface area (Å²) in [7, 11) is 0. The van der Waals surface area contributed by atoms with Gasteiger partial charge in [0.1, 0.15) is 0 Å². The minimum atomic E-state index is 0.302. The maximum Gasteiger partial charge on any atom is 0.187 e. The summed E-state index contributed by atoms with van der Waals surface area (Å²) in [6.07, 6.45) is 1.14. The van der Waals surface area contributed by atoms with Crippen molar-refractivity contribution < 1.29 is 0 Å². The molecular weight excluding hydrogens is 322 g/mol. The standard InChI is InChI=1S/C14H18BrN3S/c1-3-8-16-10(2)13-9-19-14(18-13)17-12-6-4-11(15)5-7-12/h4-7,9-10,16H,3,8H2,1-2H3,(H,17,18). The van der Waals surface area contributed by atoms with E-state index in [0.29, 0.717) is 6.04 Å². The van der Waals surface area contributed by atoms with E-state index in [2.05, 4.69) is 50.8 Å². The predicted molar refractivity (Wildman–Crippen MR) is 86.2 cm³/mol. The van der Waals surface area contributed by atoms with E-state index in [4.69, 9.17) is 0 Å². The van der Waals surface area contributed by atoms with Crippen molar-refractivity contribution in [3.63, 3.8) is 0 Å². The Bertz CT molecular complexity index is 510. The lowest BCUT2D eigenvalue weighted by atomic mass is 10.2. The predicted octanol–water partition coefficient (Wildman–Crippen LogP) is 4.71. The van der Waals surface area contributed by atoms with Crippen molar-refractivity contribution >= 4 is 38.1 Å². The lowest BCUT2D eigenvalue weighted by molar-refractivity contribution is 0.561. The van der Waals surface area contributed by atoms with E-state index in [9.17, 15) is 0 Å². The minimum absolute atomic E-state index is 0.302. The van der Waals surface area contributed by atoms with Crippen LogP contribution in [0.4, 0.5) is 10.8 Å². The molecule has 1 unspecified atom stereocenters. The van der Waals surface area contributed by atoms with Crippen LogP contribution in [0.5, 0.6) is 0 Å². The molecule has 0 spiro atoms. The van der Waals surface area contributed by atoms with Crippen molar-refractivity contribution in [3.05, 3.63) is 39.8 Å². The van der Waals surface area contributed by atoms with E-state index in [-0.39, 0.29) is 0 Å². The number of aromatic nitrogens is 1. The number of nitrogens with one attached hydrogen (secondary N) is 2. The Balaban J connectivity index is 1.98. The third kappa shape index (κ3) is 4.30. The van der Waals surface area contributed by atoms with Crippen LogP contribution in [0.2, 0.25) is 0 Å². The number of nitrogens with zero attached hydrogens (tertiary/aromatic N) is 1. The van der Waals surface area contributed by atoms with Gasteiger partial charge < -0.3 is 10.6 Å². The molecule has 1 heterocycles. The molecule has 2 N–H and O–H groups in total. The van der Waals surface area contributed by atoms with Crippen molar-refractivity contribution in [1.82, 2.24) is 10.3 Å². The number of rotatable bonds is 6. The molecular formula is C14H18BrN3S. The molecule has 0 aliphatic heterocycles. The zero-order valence-electron chi connectivity index (χ0n) is 11.1. The number of thiazole rings is 1. The monoisotopic (exact) mass is 339 g/mol. The molecule has 1 atom stereocenters. The van der Waals surface area contributed by atoms with Gasteiger partial charge in [-0.25, -0.2) is 4.98 Å². The molecule has 0 bridgehead atoms. The lowest BCUT2D eigenvalue weighted by Gasteiger charge is -2.09. The summed E-state index contributed by atoms with van der Waals surface area (Å²) in [6, 6.07) is 8.40. The van der Waals surface area contributed by atoms with Crippen LogP contribution in [0.3, 0.4) is 0 Å². The number of hydrogen-bond donors (Lipinski definition) is 2. The first-order chi connectivity index (χ1) is 9.19. The molecule has 0 aliphatic rings. The fraction of sp³-hybridized carbons (Fsp3) is 0.357. The van der Waals surface area contributed by atoms with Crippen molar-refractivity contribution in [2.45, 2.75) is 26.3 Å². The van der Waals surface area contributed by atoms with Crippen molar-refractivity contribution in [2.75, 3.05) is 11.9 Å². The largest absolute Gasteiger partial charge is 0.332 e. The first-order valence-electron chi connectivity index (χ1n) is 6.40. The average Bonchev–Trinajstić information content (AvgIpc) is 2.87. The third-order valence-electron chi connectivity index (χ3n) is 2.76. The first-order valence-corrected chi connectivity index (χ1v) is 8.07. The number of benzene rings is 1. The van der Waals surface area contributed by atoms with E-state index < -0.39 is 0 Å². The normalized spacial score (nSPS) is 12.4. The van der Waals surface area contributed by atoms with E-state index in [1.165, 1.54) is 0 Å². The van der Waals surface area contributed by atoms with Crippen molar-refractivity contribution in [2.24, 2.45) is 0 Å². The van der Waals surface area contributed by atoms with Crippen LogP contribution >= 0.6 is 27.3 Å². The van der Waals surface area contributed by atoms with E-state index in [1.807, 2.05) is 24.3 Å². The number of halogens is 1. The molecule has 1 aromatic heterocycles. The third-order valence-corrected chi connectivity index (χ3v) is 4.07. The molecule has 5 heteroatoms. The maximum atomic E-state index is 4.61. The maximum absolute atomic E-state index is 4.61. The number of hydrogen-bond acceptors (Lipinski definition) is 4. The first kappa shape index (κ1) is 14.5. The zero-order chi connectivity index (χ0) is 13.7. The van der Waals surface area contributed by atoms with Gasteiger partial charge >= 0.3 is 0 Å². The highest BCUT2D eigenvalue weighted by Crippen LogP contribution is 2.24. The average molecular weight is 340 g/mol. The summed E-state index contributed by atoms with van der Waals surface area (Å²) < 4.78 is 1.08. The molecule has 0 saturated heterocycles.